The predicted octanol–water partition coefficient (Wildman–Crippen LogP) is -0.269. The normalized spacial score (nSPS) is 10.2. The van der Waals surface area contributed by atoms with Gasteiger partial charge in [-0.1, -0.05) is 0 Å². The molecule has 4 nitrogen and oxygen atoms in total. The van der Waals surface area contributed by atoms with Crippen molar-refractivity contribution >= 4 is 0 Å². The minimum absolute atomic E-state index is 0.148. The van der Waals surface area contributed by atoms with Crippen molar-refractivity contribution in [2.45, 2.75) is 13.0 Å². The Morgan fingerprint density at radius 1 is 1.42 bits per heavy atom. The first-order valence-corrected chi connectivity index (χ1v) is 3.92. The van der Waals surface area contributed by atoms with Gasteiger partial charge in [-0.25, -0.2) is 9.97 Å². The molecule has 66 valence electrons. The van der Waals surface area contributed by atoms with Crippen LogP contribution in [-0.2, 0) is 13.0 Å². The lowest BCUT2D eigenvalue weighted by atomic mass is 10.2. The van der Waals surface area contributed by atoms with E-state index in [0.717, 1.165) is 11.4 Å². The molecule has 0 atom stereocenters. The third kappa shape index (κ3) is 2.56. The summed E-state index contributed by atoms with van der Waals surface area (Å²) in [6.07, 6.45) is 4.12. The SMILES string of the molecule is CNCc1ncc(CCO)cn1. The average Bonchev–Trinajstić information content (AvgIpc) is 2.09. The molecule has 12 heavy (non-hydrogen) atoms. The Morgan fingerprint density at radius 3 is 2.58 bits per heavy atom. The summed E-state index contributed by atoms with van der Waals surface area (Å²) in [5.74, 6) is 0.777. The summed E-state index contributed by atoms with van der Waals surface area (Å²) in [5.41, 5.74) is 0.970. The van der Waals surface area contributed by atoms with Gasteiger partial charge >= 0.3 is 0 Å². The van der Waals surface area contributed by atoms with Crippen LogP contribution in [0.1, 0.15) is 11.4 Å². The summed E-state index contributed by atoms with van der Waals surface area (Å²) in [6.45, 7) is 0.828. The molecular weight excluding hydrogens is 154 g/mol. The molecule has 0 saturated carbocycles. The fourth-order valence-corrected chi connectivity index (χ4v) is 0.889. The molecule has 0 aliphatic heterocycles. The van der Waals surface area contributed by atoms with Gasteiger partial charge in [0, 0.05) is 19.0 Å². The lowest BCUT2D eigenvalue weighted by molar-refractivity contribution is 0.299. The van der Waals surface area contributed by atoms with Crippen LogP contribution in [-0.4, -0.2) is 28.7 Å². The zero-order chi connectivity index (χ0) is 8.81. The Kier molecular flexibility index (Phi) is 3.63. The van der Waals surface area contributed by atoms with Crippen molar-refractivity contribution in [3.05, 3.63) is 23.8 Å². The van der Waals surface area contributed by atoms with E-state index >= 15 is 0 Å². The van der Waals surface area contributed by atoms with Gasteiger partial charge in [-0.05, 0) is 19.0 Å². The Morgan fingerprint density at radius 2 is 2.08 bits per heavy atom. The summed E-state index contributed by atoms with van der Waals surface area (Å²) >= 11 is 0. The fraction of sp³-hybridized carbons (Fsp3) is 0.500. The van der Waals surface area contributed by atoms with Crippen LogP contribution in [0.4, 0.5) is 0 Å². The summed E-state index contributed by atoms with van der Waals surface area (Å²) in [7, 11) is 1.85. The number of aromatic nitrogens is 2. The molecule has 0 spiro atoms. The number of nitrogens with one attached hydrogen (secondary N) is 1. The van der Waals surface area contributed by atoms with E-state index in [1.807, 2.05) is 7.05 Å². The van der Waals surface area contributed by atoms with E-state index in [-0.39, 0.29) is 6.61 Å². The standard InChI is InChI=1S/C8H13N3O/c1-9-6-8-10-4-7(2-3-12)5-11-8/h4-5,9,12H,2-3,6H2,1H3. The third-order valence-corrected chi connectivity index (χ3v) is 1.49. The highest BCUT2D eigenvalue weighted by Gasteiger charge is 1.95. The quantitative estimate of drug-likeness (QED) is 0.648. The van der Waals surface area contributed by atoms with Crippen molar-refractivity contribution in [2.75, 3.05) is 13.7 Å². The maximum atomic E-state index is 8.62. The molecule has 0 unspecified atom stereocenters. The average molecular weight is 167 g/mol. The Bertz CT molecular complexity index is 197. The van der Waals surface area contributed by atoms with Crippen LogP contribution in [0.5, 0.6) is 0 Å². The molecule has 4 heteroatoms. The van der Waals surface area contributed by atoms with Gasteiger partial charge in [-0.15, -0.1) is 0 Å². The molecule has 1 heterocycles. The molecule has 0 aliphatic carbocycles. The van der Waals surface area contributed by atoms with E-state index in [0.29, 0.717) is 13.0 Å². The highest BCUT2D eigenvalue weighted by molar-refractivity contribution is 5.05. The first-order valence-electron chi connectivity index (χ1n) is 3.92. The van der Waals surface area contributed by atoms with Gasteiger partial charge in [0.15, 0.2) is 0 Å². The number of nitrogens with zero attached hydrogens (tertiary/aromatic N) is 2. The second-order valence-corrected chi connectivity index (χ2v) is 2.51. The monoisotopic (exact) mass is 167 g/mol. The van der Waals surface area contributed by atoms with Gasteiger partial charge in [0.05, 0.1) is 6.54 Å². The first-order chi connectivity index (χ1) is 5.86. The predicted molar refractivity (Wildman–Crippen MR) is 45.6 cm³/mol. The van der Waals surface area contributed by atoms with Crippen molar-refractivity contribution in [2.24, 2.45) is 0 Å². The second kappa shape index (κ2) is 4.79. The Hall–Kier alpha value is -1.00. The van der Waals surface area contributed by atoms with Gasteiger partial charge in [-0.2, -0.15) is 0 Å². The van der Waals surface area contributed by atoms with E-state index < -0.39 is 0 Å². The number of hydrogen-bond donors (Lipinski definition) is 2. The van der Waals surface area contributed by atoms with E-state index in [1.54, 1.807) is 12.4 Å². The van der Waals surface area contributed by atoms with Crippen molar-refractivity contribution in [3.8, 4) is 0 Å². The smallest absolute Gasteiger partial charge is 0.141 e. The van der Waals surface area contributed by atoms with Crippen molar-refractivity contribution in [3.63, 3.8) is 0 Å². The van der Waals surface area contributed by atoms with Crippen LogP contribution in [0.15, 0.2) is 12.4 Å². The van der Waals surface area contributed by atoms with Crippen molar-refractivity contribution in [1.82, 2.24) is 15.3 Å². The van der Waals surface area contributed by atoms with Crippen LogP contribution in [0.25, 0.3) is 0 Å². The van der Waals surface area contributed by atoms with Crippen molar-refractivity contribution in [1.29, 1.82) is 0 Å². The summed E-state index contributed by atoms with van der Waals surface area (Å²) in [5, 5.41) is 11.6. The molecule has 0 aromatic carbocycles. The minimum atomic E-state index is 0.148. The molecule has 0 radical (unpaired) electrons. The molecule has 0 aliphatic rings. The summed E-state index contributed by atoms with van der Waals surface area (Å²) < 4.78 is 0. The van der Waals surface area contributed by atoms with Gasteiger partial charge < -0.3 is 10.4 Å². The summed E-state index contributed by atoms with van der Waals surface area (Å²) in [4.78, 5) is 8.20. The van der Waals surface area contributed by atoms with E-state index in [1.165, 1.54) is 0 Å². The number of aliphatic hydroxyl groups is 1. The fourth-order valence-electron chi connectivity index (χ4n) is 0.889. The van der Waals surface area contributed by atoms with Crippen LogP contribution in [0.3, 0.4) is 0 Å². The Labute approximate surface area is 71.7 Å². The van der Waals surface area contributed by atoms with Crippen LogP contribution >= 0.6 is 0 Å². The van der Waals surface area contributed by atoms with Gasteiger partial charge in [-0.3, -0.25) is 0 Å². The van der Waals surface area contributed by atoms with Gasteiger partial charge in [0.1, 0.15) is 5.82 Å². The molecule has 1 aromatic heterocycles. The molecule has 0 bridgehead atoms. The lowest BCUT2D eigenvalue weighted by Crippen LogP contribution is -2.09. The second-order valence-electron chi connectivity index (χ2n) is 2.51. The Balaban J connectivity index is 2.58. The van der Waals surface area contributed by atoms with Crippen LogP contribution in [0, 0.1) is 0 Å². The van der Waals surface area contributed by atoms with Crippen LogP contribution in [0.2, 0.25) is 0 Å². The number of aliphatic hydroxyl groups excluding tert-OH is 1. The van der Waals surface area contributed by atoms with Gasteiger partial charge in [0.2, 0.25) is 0 Å². The minimum Gasteiger partial charge on any atom is -0.396 e. The lowest BCUT2D eigenvalue weighted by Gasteiger charge is -1.99. The van der Waals surface area contributed by atoms with Gasteiger partial charge in [0.25, 0.3) is 0 Å². The van der Waals surface area contributed by atoms with E-state index in [2.05, 4.69) is 15.3 Å². The molecule has 0 amide bonds. The molecule has 0 saturated heterocycles. The third-order valence-electron chi connectivity index (χ3n) is 1.49. The summed E-state index contributed by atoms with van der Waals surface area (Å²) in [6, 6.07) is 0. The molecule has 1 aromatic rings. The molecule has 0 fully saturated rings. The van der Waals surface area contributed by atoms with Crippen molar-refractivity contribution < 1.29 is 5.11 Å². The molecular formula is C8H13N3O. The molecule has 1 rings (SSSR count). The topological polar surface area (TPSA) is 58.0 Å². The number of hydrogen-bond acceptors (Lipinski definition) is 4. The van der Waals surface area contributed by atoms with Crippen LogP contribution < -0.4 is 5.32 Å². The highest BCUT2D eigenvalue weighted by atomic mass is 16.2. The maximum Gasteiger partial charge on any atom is 0.141 e. The highest BCUT2D eigenvalue weighted by Crippen LogP contribution is 1.96. The number of rotatable bonds is 4. The van der Waals surface area contributed by atoms with E-state index in [9.17, 15) is 0 Å². The zero-order valence-electron chi connectivity index (χ0n) is 7.12. The maximum absolute atomic E-state index is 8.62. The van der Waals surface area contributed by atoms with E-state index in [4.69, 9.17) is 5.11 Å². The first kappa shape index (κ1) is 9.09. The zero-order valence-corrected chi connectivity index (χ0v) is 7.12. The largest absolute Gasteiger partial charge is 0.396 e. The molecule has 2 N–H and O–H groups in total.